The van der Waals surface area contributed by atoms with E-state index in [1.165, 1.54) is 0 Å². The van der Waals surface area contributed by atoms with Gasteiger partial charge >= 0.3 is 29.6 Å². The molecule has 0 spiro atoms. The molecule has 4 heteroatoms. The number of rotatable bonds is 1. The molecule has 0 heterocycles. The fourth-order valence-electron chi connectivity index (χ4n) is 0.550. The van der Waals surface area contributed by atoms with Gasteiger partial charge in [-0.15, -0.1) is 0 Å². The molecule has 2 nitrogen and oxygen atoms in total. The summed E-state index contributed by atoms with van der Waals surface area (Å²) in [6.07, 6.45) is 0. The Morgan fingerprint density at radius 3 is 1.80 bits per heavy atom. The van der Waals surface area contributed by atoms with Gasteiger partial charge in [-0.25, -0.2) is 8.42 Å². The van der Waals surface area contributed by atoms with E-state index in [0.717, 1.165) is 0 Å². The summed E-state index contributed by atoms with van der Waals surface area (Å²) in [5, 5.41) is 0. The van der Waals surface area contributed by atoms with Crippen LogP contribution in [0.1, 0.15) is 0 Å². The predicted molar refractivity (Wildman–Crippen MR) is 42.2 cm³/mol. The van der Waals surface area contributed by atoms with Crippen molar-refractivity contribution in [1.82, 2.24) is 0 Å². The van der Waals surface area contributed by atoms with E-state index in [2.05, 4.69) is 0 Å². The van der Waals surface area contributed by atoms with Crippen LogP contribution in [0, 0.1) is 0 Å². The van der Waals surface area contributed by atoms with E-state index in [1.807, 2.05) is 0 Å². The molecule has 0 aliphatic carbocycles. The van der Waals surface area contributed by atoms with Crippen molar-refractivity contribution in [2.75, 3.05) is 0 Å². The van der Waals surface area contributed by atoms with E-state index in [-0.39, 0.29) is 29.6 Å². The first-order chi connectivity index (χ1) is 4.30. The molecule has 0 saturated heterocycles. The van der Waals surface area contributed by atoms with Gasteiger partial charge in [-0.3, -0.25) is 0 Å². The summed E-state index contributed by atoms with van der Waals surface area (Å²) in [7, 11) is -2.40. The van der Waals surface area contributed by atoms with Crippen molar-refractivity contribution in [3.8, 4) is 0 Å². The molecule has 0 aromatic heterocycles. The number of benzene rings is 1. The van der Waals surface area contributed by atoms with Gasteiger partial charge in [0.2, 0.25) is 0 Å². The van der Waals surface area contributed by atoms with Crippen molar-refractivity contribution in [2.45, 2.75) is 4.90 Å². The van der Waals surface area contributed by atoms with Crippen LogP contribution >= 0.6 is 0 Å². The molecule has 0 amide bonds. The van der Waals surface area contributed by atoms with Crippen molar-refractivity contribution in [3.05, 3.63) is 30.3 Å². The van der Waals surface area contributed by atoms with Crippen molar-refractivity contribution in [3.63, 3.8) is 0 Å². The van der Waals surface area contributed by atoms with Crippen LogP contribution in [0.5, 0.6) is 0 Å². The quantitative estimate of drug-likeness (QED) is 0.471. The zero-order chi connectivity index (χ0) is 6.69. The van der Waals surface area contributed by atoms with Gasteiger partial charge in [0.05, 0.1) is 4.90 Å². The minimum atomic E-state index is -2.40. The molecule has 10 heavy (non-hydrogen) atoms. The van der Waals surface area contributed by atoms with Crippen molar-refractivity contribution in [2.24, 2.45) is 0 Å². The summed E-state index contributed by atoms with van der Waals surface area (Å²) in [6.45, 7) is 0. The first-order valence-electron chi connectivity index (χ1n) is 2.50. The van der Waals surface area contributed by atoms with Crippen molar-refractivity contribution < 1.29 is 8.42 Å². The molecule has 0 N–H and O–H groups in total. The van der Waals surface area contributed by atoms with Crippen LogP contribution in [-0.2, 0) is 10.7 Å². The average molecular weight is 166 g/mol. The Kier molecular flexibility index (Phi) is 4.99. The number of hydrogen-bond donors (Lipinski definition) is 1. The monoisotopic (exact) mass is 166 g/mol. The normalized spacial score (nSPS) is 8.90. The zero-order valence-corrected chi connectivity index (χ0v) is 5.54. The maximum absolute atomic E-state index is 10.2. The molecule has 0 atom stereocenters. The number of hydrogen-bond acceptors (Lipinski definition) is 2. The molecular weight excluding hydrogens is 159 g/mol. The summed E-state index contributed by atoms with van der Waals surface area (Å²) in [5.41, 5.74) is 0. The van der Waals surface area contributed by atoms with E-state index in [0.29, 0.717) is 4.90 Å². The van der Waals surface area contributed by atoms with Gasteiger partial charge in [-0.05, 0) is 12.1 Å². The third kappa shape index (κ3) is 2.84. The molecular formula is C6H7NaO2S. The third-order valence-corrected chi connectivity index (χ3v) is 1.69. The Bertz CT molecular complexity index is 248. The molecule has 1 aromatic rings. The van der Waals surface area contributed by atoms with Crippen molar-refractivity contribution in [1.29, 1.82) is 0 Å². The summed E-state index contributed by atoms with van der Waals surface area (Å²) >= 11 is 0. The SMILES string of the molecule is O=[SH](=O)c1ccccc1.[NaH]. The summed E-state index contributed by atoms with van der Waals surface area (Å²) in [5.74, 6) is 0. The Labute approximate surface area is 83.5 Å². The van der Waals surface area contributed by atoms with Gasteiger partial charge in [0.1, 0.15) is 0 Å². The van der Waals surface area contributed by atoms with Gasteiger partial charge in [-0.1, -0.05) is 18.2 Å². The second kappa shape index (κ2) is 4.91. The predicted octanol–water partition coefficient (Wildman–Crippen LogP) is 0.00840. The molecule has 1 aromatic carbocycles. The van der Waals surface area contributed by atoms with Crippen LogP contribution in [0.15, 0.2) is 35.2 Å². The molecule has 50 valence electrons. The van der Waals surface area contributed by atoms with E-state index in [9.17, 15) is 8.42 Å². The fraction of sp³-hybridized carbons (Fsp3) is 0. The third-order valence-electron chi connectivity index (χ3n) is 0.967. The Hall–Kier alpha value is 0.170. The fourth-order valence-corrected chi connectivity index (χ4v) is 0.965. The standard InChI is InChI=1S/C6H6O2S.Na.H/c7-9(8)6-4-2-1-3-5-6;;/h1-5,9H;;. The number of thiol groups is 1. The van der Waals surface area contributed by atoms with Crippen LogP contribution in [-0.4, -0.2) is 38.0 Å². The molecule has 0 bridgehead atoms. The van der Waals surface area contributed by atoms with E-state index in [4.69, 9.17) is 0 Å². The minimum absolute atomic E-state index is 0. The van der Waals surface area contributed by atoms with Crippen LogP contribution < -0.4 is 0 Å². The first kappa shape index (κ1) is 10.2. The second-order valence-electron chi connectivity index (χ2n) is 1.59. The van der Waals surface area contributed by atoms with Crippen molar-refractivity contribution >= 4 is 40.3 Å². The first-order valence-corrected chi connectivity index (χ1v) is 3.68. The van der Waals surface area contributed by atoms with Crippen LogP contribution in [0.3, 0.4) is 0 Å². The second-order valence-corrected chi connectivity index (χ2v) is 2.62. The summed E-state index contributed by atoms with van der Waals surface area (Å²) in [6, 6.07) is 8.29. The summed E-state index contributed by atoms with van der Waals surface area (Å²) in [4.78, 5) is 0.368. The molecule has 0 unspecified atom stereocenters. The van der Waals surface area contributed by atoms with Gasteiger partial charge in [0.15, 0.2) is 10.7 Å². The molecule has 0 saturated carbocycles. The Balaban J connectivity index is 0.000000810. The van der Waals surface area contributed by atoms with E-state index in [1.54, 1.807) is 30.3 Å². The molecule has 0 aliphatic heterocycles. The van der Waals surface area contributed by atoms with Gasteiger partial charge < -0.3 is 0 Å². The molecule has 0 radical (unpaired) electrons. The zero-order valence-electron chi connectivity index (χ0n) is 4.65. The molecule has 0 aliphatic rings. The van der Waals surface area contributed by atoms with Crippen LogP contribution in [0.4, 0.5) is 0 Å². The van der Waals surface area contributed by atoms with E-state index < -0.39 is 10.7 Å². The van der Waals surface area contributed by atoms with E-state index >= 15 is 0 Å². The Morgan fingerprint density at radius 2 is 1.50 bits per heavy atom. The topological polar surface area (TPSA) is 34.1 Å². The maximum atomic E-state index is 10.2. The summed E-state index contributed by atoms with van der Waals surface area (Å²) < 4.78 is 20.5. The van der Waals surface area contributed by atoms with Gasteiger partial charge in [0.25, 0.3) is 0 Å². The molecule has 1 rings (SSSR count). The van der Waals surface area contributed by atoms with Gasteiger partial charge in [0, 0.05) is 0 Å². The molecule has 0 fully saturated rings. The van der Waals surface area contributed by atoms with Gasteiger partial charge in [-0.2, -0.15) is 0 Å². The van der Waals surface area contributed by atoms with Crippen LogP contribution in [0.25, 0.3) is 0 Å². The van der Waals surface area contributed by atoms with Crippen LogP contribution in [0.2, 0.25) is 0 Å². The average Bonchev–Trinajstić information content (AvgIpc) is 1.90. The Morgan fingerprint density at radius 1 is 1.00 bits per heavy atom.